The molecular formula is C16H24BrN3. The summed E-state index contributed by atoms with van der Waals surface area (Å²) < 4.78 is 1.08. The second-order valence-electron chi connectivity index (χ2n) is 6.29. The van der Waals surface area contributed by atoms with E-state index in [-0.39, 0.29) is 0 Å². The standard InChI is InChI=1S/C16H24BrN3/c1-3-10-5-4-6-12(9-10)15-19-14(11-7-8-11)13(17)16(18-2)20-15/h10-12H,3-9H2,1-2H3,(H,18,19,20). The number of aromatic nitrogens is 2. The highest BCUT2D eigenvalue weighted by Crippen LogP contribution is 2.45. The zero-order valence-electron chi connectivity index (χ0n) is 12.5. The molecule has 3 rings (SSSR count). The smallest absolute Gasteiger partial charge is 0.144 e. The quantitative estimate of drug-likeness (QED) is 0.853. The van der Waals surface area contributed by atoms with Gasteiger partial charge in [0.25, 0.3) is 0 Å². The van der Waals surface area contributed by atoms with Gasteiger partial charge in [-0.05, 0) is 47.5 Å². The molecule has 3 nitrogen and oxygen atoms in total. The Balaban J connectivity index is 1.90. The number of rotatable bonds is 4. The first-order valence-corrected chi connectivity index (χ1v) is 8.77. The lowest BCUT2D eigenvalue weighted by Gasteiger charge is -2.28. The molecule has 2 fully saturated rings. The largest absolute Gasteiger partial charge is 0.372 e. The van der Waals surface area contributed by atoms with Gasteiger partial charge in [-0.15, -0.1) is 0 Å². The van der Waals surface area contributed by atoms with Gasteiger partial charge >= 0.3 is 0 Å². The van der Waals surface area contributed by atoms with E-state index in [1.807, 2.05) is 7.05 Å². The molecule has 0 amide bonds. The van der Waals surface area contributed by atoms with E-state index in [1.54, 1.807) is 0 Å². The van der Waals surface area contributed by atoms with Crippen LogP contribution in [0, 0.1) is 5.92 Å². The van der Waals surface area contributed by atoms with Crippen LogP contribution in [0.3, 0.4) is 0 Å². The minimum atomic E-state index is 0.561. The van der Waals surface area contributed by atoms with Gasteiger partial charge in [-0.3, -0.25) is 0 Å². The van der Waals surface area contributed by atoms with Crippen molar-refractivity contribution < 1.29 is 0 Å². The predicted molar refractivity (Wildman–Crippen MR) is 86.2 cm³/mol. The van der Waals surface area contributed by atoms with Crippen molar-refractivity contribution in [2.45, 2.75) is 63.7 Å². The zero-order valence-corrected chi connectivity index (χ0v) is 14.0. The van der Waals surface area contributed by atoms with Crippen LogP contribution in [-0.4, -0.2) is 17.0 Å². The van der Waals surface area contributed by atoms with Crippen molar-refractivity contribution in [3.8, 4) is 0 Å². The first kappa shape index (κ1) is 14.3. The van der Waals surface area contributed by atoms with E-state index < -0.39 is 0 Å². The Morgan fingerprint density at radius 2 is 1.95 bits per heavy atom. The number of halogens is 1. The molecule has 0 aliphatic heterocycles. The van der Waals surface area contributed by atoms with E-state index in [1.165, 1.54) is 50.6 Å². The first-order chi connectivity index (χ1) is 9.72. The molecule has 1 aromatic heterocycles. The Labute approximate surface area is 130 Å². The average molecular weight is 338 g/mol. The zero-order chi connectivity index (χ0) is 14.1. The monoisotopic (exact) mass is 337 g/mol. The van der Waals surface area contributed by atoms with Gasteiger partial charge in [0.1, 0.15) is 11.6 Å². The van der Waals surface area contributed by atoms with Gasteiger partial charge in [-0.2, -0.15) is 0 Å². The summed E-state index contributed by atoms with van der Waals surface area (Å²) in [6.07, 6.45) is 9.09. The fraction of sp³-hybridized carbons (Fsp3) is 0.750. The molecule has 1 heterocycles. The van der Waals surface area contributed by atoms with Crippen LogP contribution >= 0.6 is 15.9 Å². The van der Waals surface area contributed by atoms with Gasteiger partial charge in [-0.1, -0.05) is 26.2 Å². The maximum Gasteiger partial charge on any atom is 0.144 e. The Morgan fingerprint density at radius 3 is 2.60 bits per heavy atom. The molecule has 0 saturated heterocycles. The van der Waals surface area contributed by atoms with Gasteiger partial charge < -0.3 is 5.32 Å². The van der Waals surface area contributed by atoms with Crippen molar-refractivity contribution in [2.75, 3.05) is 12.4 Å². The molecule has 2 aliphatic rings. The normalized spacial score (nSPS) is 26.6. The number of anilines is 1. The lowest BCUT2D eigenvalue weighted by atomic mass is 9.80. The van der Waals surface area contributed by atoms with Crippen LogP contribution in [0.4, 0.5) is 5.82 Å². The highest BCUT2D eigenvalue weighted by molar-refractivity contribution is 9.10. The highest BCUT2D eigenvalue weighted by Gasteiger charge is 2.31. The summed E-state index contributed by atoms with van der Waals surface area (Å²) in [5.74, 6) is 4.13. The molecule has 2 unspecified atom stereocenters. The second kappa shape index (κ2) is 6.00. The van der Waals surface area contributed by atoms with E-state index in [2.05, 4.69) is 28.2 Å². The molecule has 1 aromatic rings. The Kier molecular flexibility index (Phi) is 4.29. The van der Waals surface area contributed by atoms with E-state index in [0.29, 0.717) is 11.8 Å². The second-order valence-corrected chi connectivity index (χ2v) is 7.08. The molecule has 2 aliphatic carbocycles. The number of hydrogen-bond donors (Lipinski definition) is 1. The third-order valence-corrected chi connectivity index (χ3v) is 5.60. The third kappa shape index (κ3) is 2.85. The summed E-state index contributed by atoms with van der Waals surface area (Å²) >= 11 is 3.68. The maximum atomic E-state index is 4.94. The van der Waals surface area contributed by atoms with Gasteiger partial charge in [-0.25, -0.2) is 9.97 Å². The van der Waals surface area contributed by atoms with Crippen molar-refractivity contribution in [1.29, 1.82) is 0 Å². The van der Waals surface area contributed by atoms with Crippen molar-refractivity contribution >= 4 is 21.7 Å². The van der Waals surface area contributed by atoms with E-state index in [9.17, 15) is 0 Å². The van der Waals surface area contributed by atoms with Gasteiger partial charge in [0.05, 0.1) is 10.2 Å². The fourth-order valence-electron chi connectivity index (χ4n) is 3.35. The Bertz CT molecular complexity index is 485. The molecule has 2 atom stereocenters. The minimum absolute atomic E-state index is 0.561. The number of nitrogens with zero attached hydrogens (tertiary/aromatic N) is 2. The SMILES string of the molecule is CCC1CCCC(c2nc(NC)c(Br)c(C3CC3)n2)C1. The number of hydrogen-bond acceptors (Lipinski definition) is 3. The predicted octanol–water partition coefficient (Wildman–Crippen LogP) is 4.84. The van der Waals surface area contributed by atoms with Gasteiger partial charge in [0.15, 0.2) is 0 Å². The van der Waals surface area contributed by atoms with Gasteiger partial charge in [0, 0.05) is 18.9 Å². The summed E-state index contributed by atoms with van der Waals surface area (Å²) in [4.78, 5) is 9.72. The summed E-state index contributed by atoms with van der Waals surface area (Å²) in [5, 5.41) is 3.22. The summed E-state index contributed by atoms with van der Waals surface area (Å²) in [6.45, 7) is 2.31. The molecule has 0 bridgehead atoms. The molecule has 1 N–H and O–H groups in total. The molecule has 110 valence electrons. The molecule has 0 aromatic carbocycles. The third-order valence-electron chi connectivity index (χ3n) is 4.82. The van der Waals surface area contributed by atoms with Crippen LogP contribution in [0.15, 0.2) is 4.47 Å². The number of nitrogens with one attached hydrogen (secondary N) is 1. The van der Waals surface area contributed by atoms with Crippen LogP contribution in [-0.2, 0) is 0 Å². The Hall–Kier alpha value is -0.640. The van der Waals surface area contributed by atoms with Crippen LogP contribution in [0.1, 0.15) is 75.2 Å². The first-order valence-electron chi connectivity index (χ1n) is 7.98. The van der Waals surface area contributed by atoms with Crippen molar-refractivity contribution in [1.82, 2.24) is 9.97 Å². The van der Waals surface area contributed by atoms with E-state index >= 15 is 0 Å². The molecule has 20 heavy (non-hydrogen) atoms. The van der Waals surface area contributed by atoms with Crippen molar-refractivity contribution in [3.05, 3.63) is 16.0 Å². The molecule has 0 radical (unpaired) electrons. The van der Waals surface area contributed by atoms with Crippen molar-refractivity contribution in [2.24, 2.45) is 5.92 Å². The van der Waals surface area contributed by atoms with Crippen LogP contribution in [0.2, 0.25) is 0 Å². The summed E-state index contributed by atoms with van der Waals surface area (Å²) in [6, 6.07) is 0. The van der Waals surface area contributed by atoms with E-state index in [4.69, 9.17) is 9.97 Å². The van der Waals surface area contributed by atoms with Crippen LogP contribution in [0.25, 0.3) is 0 Å². The highest BCUT2D eigenvalue weighted by atomic mass is 79.9. The van der Waals surface area contributed by atoms with Crippen molar-refractivity contribution in [3.63, 3.8) is 0 Å². The lowest BCUT2D eigenvalue weighted by Crippen LogP contribution is -2.17. The maximum absolute atomic E-state index is 4.94. The molecule has 4 heteroatoms. The molecule has 2 saturated carbocycles. The van der Waals surface area contributed by atoms with Crippen LogP contribution in [0.5, 0.6) is 0 Å². The van der Waals surface area contributed by atoms with Gasteiger partial charge in [0.2, 0.25) is 0 Å². The molecular weight excluding hydrogens is 314 g/mol. The topological polar surface area (TPSA) is 37.8 Å². The molecule has 0 spiro atoms. The summed E-state index contributed by atoms with van der Waals surface area (Å²) in [7, 11) is 1.95. The fourth-order valence-corrected chi connectivity index (χ4v) is 4.05. The van der Waals surface area contributed by atoms with E-state index in [0.717, 1.165) is 22.0 Å². The minimum Gasteiger partial charge on any atom is -0.372 e. The Morgan fingerprint density at radius 1 is 1.15 bits per heavy atom. The summed E-state index contributed by atoms with van der Waals surface area (Å²) in [5.41, 5.74) is 1.23. The average Bonchev–Trinajstić information content (AvgIpc) is 3.32. The lowest BCUT2D eigenvalue weighted by molar-refractivity contribution is 0.307. The van der Waals surface area contributed by atoms with Crippen LogP contribution < -0.4 is 5.32 Å².